The maximum absolute atomic E-state index is 13.2. The summed E-state index contributed by atoms with van der Waals surface area (Å²) >= 11 is 0. The van der Waals surface area contributed by atoms with Crippen LogP contribution >= 0.6 is 0 Å². The minimum atomic E-state index is -0.786. The summed E-state index contributed by atoms with van der Waals surface area (Å²) in [7, 11) is 0. The summed E-state index contributed by atoms with van der Waals surface area (Å²) in [6.07, 6.45) is 59.5. The van der Waals surface area contributed by atoms with Gasteiger partial charge in [0.25, 0.3) is 0 Å². The molecule has 0 radical (unpaired) electrons. The van der Waals surface area contributed by atoms with Crippen molar-refractivity contribution in [3.05, 3.63) is 24.3 Å². The molecule has 0 spiro atoms. The van der Waals surface area contributed by atoms with Gasteiger partial charge in [-0.25, -0.2) is 0 Å². The van der Waals surface area contributed by atoms with Gasteiger partial charge in [-0.2, -0.15) is 0 Å². The highest BCUT2D eigenvalue weighted by molar-refractivity contribution is 5.77. The van der Waals surface area contributed by atoms with Gasteiger partial charge in [0.15, 0.2) is 0 Å². The molecule has 372 valence electrons. The molecule has 3 unspecified atom stereocenters. The van der Waals surface area contributed by atoms with Gasteiger partial charge >= 0.3 is 5.97 Å². The predicted molar refractivity (Wildman–Crippen MR) is 273 cm³/mol. The van der Waals surface area contributed by atoms with Gasteiger partial charge < -0.3 is 20.3 Å². The fourth-order valence-corrected chi connectivity index (χ4v) is 8.76. The molecule has 0 aliphatic carbocycles. The molecule has 0 aliphatic rings. The van der Waals surface area contributed by atoms with Crippen LogP contribution in [0.4, 0.5) is 0 Å². The van der Waals surface area contributed by atoms with Crippen molar-refractivity contribution in [3.8, 4) is 0 Å². The molecule has 0 saturated heterocycles. The fraction of sp³-hybridized carbons (Fsp3) is 0.895. The Hall–Kier alpha value is -1.66. The number of nitrogens with one attached hydrogen (secondary N) is 1. The van der Waals surface area contributed by atoms with Crippen molar-refractivity contribution in [3.63, 3.8) is 0 Å². The molecule has 63 heavy (non-hydrogen) atoms. The first kappa shape index (κ1) is 61.3. The first-order valence-corrected chi connectivity index (χ1v) is 28.1. The third-order valence-corrected chi connectivity index (χ3v) is 13.0. The molecule has 0 saturated carbocycles. The number of ether oxygens (including phenoxy) is 1. The van der Waals surface area contributed by atoms with E-state index in [0.717, 1.165) is 64.2 Å². The second-order valence-electron chi connectivity index (χ2n) is 19.3. The smallest absolute Gasteiger partial charge is 0.306 e. The summed E-state index contributed by atoms with van der Waals surface area (Å²) in [5, 5.41) is 23.9. The summed E-state index contributed by atoms with van der Waals surface area (Å²) in [6.45, 7) is 6.48. The zero-order valence-corrected chi connectivity index (χ0v) is 42.5. The second-order valence-corrected chi connectivity index (χ2v) is 19.3. The first-order valence-electron chi connectivity index (χ1n) is 28.1. The molecule has 0 aromatic heterocycles. The van der Waals surface area contributed by atoms with E-state index in [0.29, 0.717) is 19.3 Å². The molecule has 3 atom stereocenters. The number of unbranched alkanes of at least 4 members (excludes halogenated alkanes) is 35. The molecular weight excluding hydrogens is 779 g/mol. The summed E-state index contributed by atoms with van der Waals surface area (Å²) in [6, 6.07) is -0.700. The number of rotatable bonds is 51. The van der Waals surface area contributed by atoms with E-state index in [4.69, 9.17) is 4.74 Å². The average molecular weight is 889 g/mol. The van der Waals surface area contributed by atoms with Crippen LogP contribution in [-0.2, 0) is 14.3 Å². The normalized spacial score (nSPS) is 13.3. The first-order chi connectivity index (χ1) is 31.0. The van der Waals surface area contributed by atoms with Gasteiger partial charge in [0, 0.05) is 6.42 Å². The van der Waals surface area contributed by atoms with E-state index in [-0.39, 0.29) is 24.9 Å². The van der Waals surface area contributed by atoms with Crippen LogP contribution in [0.25, 0.3) is 0 Å². The van der Waals surface area contributed by atoms with Crippen molar-refractivity contribution >= 4 is 11.9 Å². The largest absolute Gasteiger partial charge is 0.462 e. The van der Waals surface area contributed by atoms with E-state index in [1.807, 2.05) is 0 Å². The Labute approximate surface area is 392 Å². The lowest BCUT2D eigenvalue weighted by Gasteiger charge is -2.24. The molecule has 0 rings (SSSR count). The van der Waals surface area contributed by atoms with E-state index < -0.39 is 18.2 Å². The minimum absolute atomic E-state index is 0.0778. The zero-order chi connectivity index (χ0) is 45.9. The number of carbonyl (C=O) groups excluding carboxylic acids is 2. The summed E-state index contributed by atoms with van der Waals surface area (Å²) in [5.41, 5.74) is 0. The van der Waals surface area contributed by atoms with Crippen molar-refractivity contribution < 1.29 is 24.5 Å². The zero-order valence-electron chi connectivity index (χ0n) is 42.5. The third kappa shape index (κ3) is 46.7. The lowest BCUT2D eigenvalue weighted by Crippen LogP contribution is -2.46. The highest BCUT2D eigenvalue weighted by Gasteiger charge is 2.24. The van der Waals surface area contributed by atoms with Crippen LogP contribution in [0.1, 0.15) is 303 Å². The van der Waals surface area contributed by atoms with Gasteiger partial charge in [-0.05, 0) is 57.8 Å². The Morgan fingerprint density at radius 1 is 0.460 bits per heavy atom. The number of hydrogen-bond donors (Lipinski definition) is 3. The predicted octanol–water partition coefficient (Wildman–Crippen LogP) is 17.1. The van der Waals surface area contributed by atoms with E-state index in [9.17, 15) is 19.8 Å². The molecule has 1 amide bonds. The van der Waals surface area contributed by atoms with E-state index in [1.165, 1.54) is 193 Å². The molecule has 0 aromatic rings. The number of aliphatic hydroxyl groups is 2. The quantitative estimate of drug-likeness (QED) is 0.0321. The van der Waals surface area contributed by atoms with Gasteiger partial charge in [-0.15, -0.1) is 0 Å². The van der Waals surface area contributed by atoms with Crippen LogP contribution in [0.15, 0.2) is 24.3 Å². The van der Waals surface area contributed by atoms with E-state index in [2.05, 4.69) is 50.4 Å². The highest BCUT2D eigenvalue weighted by Crippen LogP contribution is 2.19. The number of carbonyl (C=O) groups is 2. The fourth-order valence-electron chi connectivity index (χ4n) is 8.76. The van der Waals surface area contributed by atoms with Crippen LogP contribution < -0.4 is 5.32 Å². The number of allylic oxidation sites excluding steroid dienone is 4. The monoisotopic (exact) mass is 888 g/mol. The average Bonchev–Trinajstić information content (AvgIpc) is 3.28. The molecule has 3 N–H and O–H groups in total. The van der Waals surface area contributed by atoms with Crippen molar-refractivity contribution in [1.29, 1.82) is 0 Å². The van der Waals surface area contributed by atoms with Gasteiger partial charge in [0.2, 0.25) is 5.91 Å². The lowest BCUT2D eigenvalue weighted by atomic mass is 10.0. The minimum Gasteiger partial charge on any atom is -0.462 e. The van der Waals surface area contributed by atoms with Crippen molar-refractivity contribution in [2.75, 3.05) is 6.61 Å². The molecular formula is C57H109NO5. The van der Waals surface area contributed by atoms with Crippen molar-refractivity contribution in [2.24, 2.45) is 0 Å². The number of esters is 1. The Bertz CT molecular complexity index is 997. The van der Waals surface area contributed by atoms with Gasteiger partial charge in [0.05, 0.1) is 25.2 Å². The summed E-state index contributed by atoms with van der Waals surface area (Å²) < 4.78 is 5.95. The van der Waals surface area contributed by atoms with Crippen LogP contribution in [0.2, 0.25) is 0 Å². The molecule has 0 aliphatic heterocycles. The molecule has 0 heterocycles. The summed E-state index contributed by atoms with van der Waals surface area (Å²) in [5.74, 6) is -0.465. The van der Waals surface area contributed by atoms with Crippen LogP contribution in [0.5, 0.6) is 0 Å². The Morgan fingerprint density at radius 3 is 1.24 bits per heavy atom. The van der Waals surface area contributed by atoms with Gasteiger partial charge in [0.1, 0.15) is 6.10 Å². The Balaban J connectivity index is 4.51. The van der Waals surface area contributed by atoms with Crippen LogP contribution in [-0.4, -0.2) is 46.9 Å². The molecule has 0 aromatic carbocycles. The number of aliphatic hydroxyl groups excluding tert-OH is 2. The maximum Gasteiger partial charge on any atom is 0.306 e. The second kappa shape index (κ2) is 51.3. The lowest BCUT2D eigenvalue weighted by molar-refractivity contribution is -0.151. The Kier molecular flexibility index (Phi) is 50.0. The van der Waals surface area contributed by atoms with E-state index >= 15 is 0 Å². The molecule has 6 nitrogen and oxygen atoms in total. The third-order valence-electron chi connectivity index (χ3n) is 13.0. The topological polar surface area (TPSA) is 95.9 Å². The molecule has 6 heteroatoms. The van der Waals surface area contributed by atoms with Crippen molar-refractivity contribution in [2.45, 2.75) is 322 Å². The molecule has 0 bridgehead atoms. The van der Waals surface area contributed by atoms with Gasteiger partial charge in [-0.1, -0.05) is 257 Å². The standard InChI is InChI=1S/C57H109NO5/c1-4-7-10-13-16-19-22-24-26-28-29-31-34-36-39-42-45-48-53(63-57(62)50-47-44-41-38-33-21-18-15-12-9-6-3)51-56(61)58-54(52-59)55(60)49-46-43-40-37-35-32-30-27-25-23-20-17-14-11-8-5-2/h16,19,24,26,53-55,59-60H,4-15,17-18,20-23,25,27-52H2,1-3H3,(H,58,61)/b19-16-,26-24-. The number of amides is 1. The van der Waals surface area contributed by atoms with Gasteiger partial charge in [-0.3, -0.25) is 9.59 Å². The van der Waals surface area contributed by atoms with Crippen molar-refractivity contribution in [1.82, 2.24) is 5.32 Å². The summed E-state index contributed by atoms with van der Waals surface area (Å²) in [4.78, 5) is 26.2. The van der Waals surface area contributed by atoms with Crippen LogP contribution in [0, 0.1) is 0 Å². The number of hydrogen-bond acceptors (Lipinski definition) is 5. The molecule has 0 fully saturated rings. The Morgan fingerprint density at radius 2 is 0.810 bits per heavy atom. The highest BCUT2D eigenvalue weighted by atomic mass is 16.5. The maximum atomic E-state index is 13.2. The van der Waals surface area contributed by atoms with Crippen LogP contribution in [0.3, 0.4) is 0 Å². The van der Waals surface area contributed by atoms with E-state index in [1.54, 1.807) is 0 Å². The SMILES string of the molecule is CCCCC/C=C\C/C=C\CCCCCCCCCC(CC(=O)NC(CO)C(O)CCCCCCCCCCCCCCCCCC)OC(=O)CCCCCCCCCCCCC.